The Kier molecular flexibility index (Phi) is 6.39. The number of rotatable bonds is 5. The number of hydrogen-bond acceptors (Lipinski definition) is 7. The van der Waals surface area contributed by atoms with Crippen LogP contribution in [-0.4, -0.2) is 36.1 Å². The van der Waals surface area contributed by atoms with E-state index < -0.39 is 16.8 Å². The Bertz CT molecular complexity index is 898. The molecule has 2 N–H and O–H groups in total. The summed E-state index contributed by atoms with van der Waals surface area (Å²) >= 11 is 5.08. The number of nitrogens with one attached hydrogen (secondary N) is 2. The van der Waals surface area contributed by atoms with Gasteiger partial charge in [-0.15, -0.1) is 0 Å². The van der Waals surface area contributed by atoms with Gasteiger partial charge in [0, 0.05) is 11.6 Å². The van der Waals surface area contributed by atoms with Crippen LogP contribution in [0, 0.1) is 10.1 Å². The van der Waals surface area contributed by atoms with E-state index in [2.05, 4.69) is 15.4 Å². The number of ether oxygens (including phenoxy) is 2. The van der Waals surface area contributed by atoms with Gasteiger partial charge in [-0.25, -0.2) is 4.79 Å². The molecule has 0 aliphatic rings. The molecule has 0 unspecified atom stereocenters. The van der Waals surface area contributed by atoms with Crippen molar-refractivity contribution in [3.8, 4) is 5.75 Å². The van der Waals surface area contributed by atoms with E-state index in [-0.39, 0.29) is 22.1 Å². The molecule has 10 heteroatoms. The molecule has 2 aromatic carbocycles. The number of hydrogen-bond donors (Lipinski definition) is 2. The standard InChI is InChI=1S/C17H15N3O6S/c1-25-14-9-12(20(23)24)7-8-13(14)18-17(27)19-15(21)10-3-5-11(6-4-10)16(22)26-2/h3-9H,1-2H3,(H2,18,19,21,27). The predicted molar refractivity (Wildman–Crippen MR) is 101 cm³/mol. The molecule has 0 radical (unpaired) electrons. The molecule has 0 aliphatic carbocycles. The summed E-state index contributed by atoms with van der Waals surface area (Å²) in [5.41, 5.74) is 0.806. The first-order valence-electron chi connectivity index (χ1n) is 7.49. The second-order valence-electron chi connectivity index (χ2n) is 5.12. The van der Waals surface area contributed by atoms with E-state index >= 15 is 0 Å². The van der Waals surface area contributed by atoms with Crippen LogP contribution in [0.15, 0.2) is 42.5 Å². The smallest absolute Gasteiger partial charge is 0.337 e. The first-order chi connectivity index (χ1) is 12.8. The molecule has 2 rings (SSSR count). The van der Waals surface area contributed by atoms with E-state index in [9.17, 15) is 19.7 Å². The highest BCUT2D eigenvalue weighted by Gasteiger charge is 2.14. The summed E-state index contributed by atoms with van der Waals surface area (Å²) in [7, 11) is 2.62. The lowest BCUT2D eigenvalue weighted by Gasteiger charge is -2.12. The lowest BCUT2D eigenvalue weighted by molar-refractivity contribution is -0.384. The van der Waals surface area contributed by atoms with Crippen LogP contribution in [-0.2, 0) is 4.74 Å². The number of thiocarbonyl (C=S) groups is 1. The molecule has 0 saturated heterocycles. The van der Waals surface area contributed by atoms with E-state index in [0.717, 1.165) is 0 Å². The SMILES string of the molecule is COC(=O)c1ccc(C(=O)NC(=S)Nc2ccc([N+](=O)[O-])cc2OC)cc1. The number of anilines is 1. The number of carbonyl (C=O) groups excluding carboxylic acids is 2. The van der Waals surface area contributed by atoms with Crippen LogP contribution in [0.2, 0.25) is 0 Å². The first-order valence-corrected chi connectivity index (χ1v) is 7.89. The fourth-order valence-corrected chi connectivity index (χ4v) is 2.30. The number of methoxy groups -OCH3 is 2. The van der Waals surface area contributed by atoms with Gasteiger partial charge in [-0.05, 0) is 42.5 Å². The van der Waals surface area contributed by atoms with Gasteiger partial charge in [-0.1, -0.05) is 0 Å². The summed E-state index contributed by atoms with van der Waals surface area (Å²) in [6.45, 7) is 0. The lowest BCUT2D eigenvalue weighted by atomic mass is 10.1. The summed E-state index contributed by atoms with van der Waals surface area (Å²) < 4.78 is 9.68. The van der Waals surface area contributed by atoms with Crippen LogP contribution in [0.25, 0.3) is 0 Å². The van der Waals surface area contributed by atoms with Crippen molar-refractivity contribution in [2.75, 3.05) is 19.5 Å². The molecule has 9 nitrogen and oxygen atoms in total. The highest BCUT2D eigenvalue weighted by molar-refractivity contribution is 7.80. The average Bonchev–Trinajstić information content (AvgIpc) is 2.67. The number of carbonyl (C=O) groups is 2. The van der Waals surface area contributed by atoms with Crippen molar-refractivity contribution in [3.05, 3.63) is 63.7 Å². The summed E-state index contributed by atoms with van der Waals surface area (Å²) in [5.74, 6) is -0.808. The van der Waals surface area contributed by atoms with Crippen molar-refractivity contribution in [1.29, 1.82) is 0 Å². The van der Waals surface area contributed by atoms with Crippen LogP contribution < -0.4 is 15.4 Å². The molecule has 2 aromatic rings. The molecule has 0 bridgehead atoms. The van der Waals surface area contributed by atoms with E-state index in [1.807, 2.05) is 0 Å². The van der Waals surface area contributed by atoms with E-state index in [1.54, 1.807) is 0 Å². The van der Waals surface area contributed by atoms with Crippen LogP contribution in [0.4, 0.5) is 11.4 Å². The predicted octanol–water partition coefficient (Wildman–Crippen LogP) is 2.52. The zero-order valence-electron chi connectivity index (χ0n) is 14.3. The Morgan fingerprint density at radius 1 is 1.07 bits per heavy atom. The maximum atomic E-state index is 12.2. The molecule has 1 amide bonds. The average molecular weight is 389 g/mol. The van der Waals surface area contributed by atoms with Crippen LogP contribution >= 0.6 is 12.2 Å². The molecule has 140 valence electrons. The number of benzene rings is 2. The summed E-state index contributed by atoms with van der Waals surface area (Å²) in [6, 6.07) is 9.75. The number of nitro benzene ring substituents is 1. The Balaban J connectivity index is 2.06. The Morgan fingerprint density at radius 3 is 2.26 bits per heavy atom. The molecule has 0 aliphatic heterocycles. The molecule has 0 fully saturated rings. The summed E-state index contributed by atoms with van der Waals surface area (Å²) in [4.78, 5) is 33.9. The van der Waals surface area contributed by atoms with Gasteiger partial charge in [-0.2, -0.15) is 0 Å². The molecular weight excluding hydrogens is 374 g/mol. The van der Waals surface area contributed by atoms with Crippen LogP contribution in [0.1, 0.15) is 20.7 Å². The third-order valence-corrected chi connectivity index (χ3v) is 3.64. The highest BCUT2D eigenvalue weighted by atomic mass is 32.1. The fourth-order valence-electron chi connectivity index (χ4n) is 2.10. The monoisotopic (exact) mass is 389 g/mol. The van der Waals surface area contributed by atoms with E-state index in [4.69, 9.17) is 17.0 Å². The number of esters is 1. The Labute approximate surface area is 159 Å². The molecule has 0 aromatic heterocycles. The normalized spacial score (nSPS) is 9.85. The van der Waals surface area contributed by atoms with Gasteiger partial charge < -0.3 is 14.8 Å². The number of nitrogens with zero attached hydrogens (tertiary/aromatic N) is 1. The summed E-state index contributed by atoms with van der Waals surface area (Å²) in [6.07, 6.45) is 0. The topological polar surface area (TPSA) is 120 Å². The van der Waals surface area contributed by atoms with Gasteiger partial charge >= 0.3 is 5.97 Å². The molecule has 27 heavy (non-hydrogen) atoms. The van der Waals surface area contributed by atoms with Gasteiger partial charge in [0.2, 0.25) is 0 Å². The maximum absolute atomic E-state index is 12.2. The second kappa shape index (κ2) is 8.72. The lowest BCUT2D eigenvalue weighted by Crippen LogP contribution is -2.34. The van der Waals surface area contributed by atoms with Gasteiger partial charge in [0.05, 0.1) is 36.5 Å². The third-order valence-electron chi connectivity index (χ3n) is 3.44. The number of non-ortho nitro benzene ring substituents is 1. The number of nitro groups is 1. The van der Waals surface area contributed by atoms with Gasteiger partial charge in [0.25, 0.3) is 11.6 Å². The van der Waals surface area contributed by atoms with Crippen molar-refractivity contribution >= 4 is 40.6 Å². The molecular formula is C17H15N3O6S. The minimum Gasteiger partial charge on any atom is -0.494 e. The second-order valence-corrected chi connectivity index (χ2v) is 5.53. The molecule has 0 heterocycles. The minimum atomic E-state index is -0.551. The van der Waals surface area contributed by atoms with Gasteiger partial charge in [-0.3, -0.25) is 20.2 Å². The quantitative estimate of drug-likeness (QED) is 0.346. The zero-order chi connectivity index (χ0) is 20.0. The van der Waals surface area contributed by atoms with Gasteiger partial charge in [0.15, 0.2) is 5.11 Å². The van der Waals surface area contributed by atoms with Gasteiger partial charge in [0.1, 0.15) is 5.75 Å². The first kappa shape index (κ1) is 19.8. The van der Waals surface area contributed by atoms with Crippen molar-refractivity contribution in [2.45, 2.75) is 0 Å². The van der Waals surface area contributed by atoms with E-state index in [0.29, 0.717) is 11.3 Å². The zero-order valence-corrected chi connectivity index (χ0v) is 15.2. The van der Waals surface area contributed by atoms with Crippen LogP contribution in [0.5, 0.6) is 5.75 Å². The van der Waals surface area contributed by atoms with E-state index in [1.165, 1.54) is 56.7 Å². The van der Waals surface area contributed by atoms with Crippen molar-refractivity contribution in [1.82, 2.24) is 5.32 Å². The fraction of sp³-hybridized carbons (Fsp3) is 0.118. The largest absolute Gasteiger partial charge is 0.494 e. The van der Waals surface area contributed by atoms with Crippen LogP contribution in [0.3, 0.4) is 0 Å². The summed E-state index contributed by atoms with van der Waals surface area (Å²) in [5, 5.41) is 16.0. The Morgan fingerprint density at radius 2 is 1.70 bits per heavy atom. The minimum absolute atomic E-state index is 0.0239. The number of amides is 1. The van der Waals surface area contributed by atoms with Crippen molar-refractivity contribution in [2.24, 2.45) is 0 Å². The molecule has 0 spiro atoms. The highest BCUT2D eigenvalue weighted by Crippen LogP contribution is 2.28. The maximum Gasteiger partial charge on any atom is 0.337 e. The van der Waals surface area contributed by atoms with Crippen molar-refractivity contribution in [3.63, 3.8) is 0 Å². The van der Waals surface area contributed by atoms with Crippen molar-refractivity contribution < 1.29 is 24.0 Å². The molecule has 0 atom stereocenters. The Hall–Kier alpha value is -3.53. The third kappa shape index (κ3) is 4.98. The molecule has 0 saturated carbocycles.